The number of aromatic nitrogens is 1. The Morgan fingerprint density at radius 2 is 1.95 bits per heavy atom. The summed E-state index contributed by atoms with van der Waals surface area (Å²) in [4.78, 5) is 4.48. The molecule has 0 atom stereocenters. The number of pyridine rings is 1. The summed E-state index contributed by atoms with van der Waals surface area (Å²) in [5.41, 5.74) is 8.45. The van der Waals surface area contributed by atoms with Gasteiger partial charge >= 0.3 is 0 Å². The van der Waals surface area contributed by atoms with Gasteiger partial charge in [-0.1, -0.05) is 18.2 Å². The van der Waals surface area contributed by atoms with E-state index >= 15 is 0 Å². The van der Waals surface area contributed by atoms with Crippen molar-refractivity contribution in [2.45, 2.75) is 13.5 Å². The van der Waals surface area contributed by atoms with Gasteiger partial charge in [0.1, 0.15) is 18.2 Å². The quantitative estimate of drug-likeness (QED) is 0.742. The van der Waals surface area contributed by atoms with Gasteiger partial charge in [0.15, 0.2) is 0 Å². The van der Waals surface area contributed by atoms with E-state index < -0.39 is 5.82 Å². The van der Waals surface area contributed by atoms with Crippen LogP contribution in [0.1, 0.15) is 11.3 Å². The third-order valence-electron chi connectivity index (χ3n) is 3.30. The van der Waals surface area contributed by atoms with Gasteiger partial charge in [0.25, 0.3) is 0 Å². The van der Waals surface area contributed by atoms with Crippen LogP contribution in [0.25, 0.3) is 10.9 Å². The molecule has 0 saturated heterocycles. The van der Waals surface area contributed by atoms with Crippen molar-refractivity contribution in [3.05, 3.63) is 65.6 Å². The average molecular weight is 282 g/mol. The number of nitrogens with zero attached hydrogens (tertiary/aromatic N) is 1. The number of fused-ring (bicyclic) bond motifs is 1. The number of hydrogen-bond acceptors (Lipinski definition) is 3. The first kappa shape index (κ1) is 13.4. The monoisotopic (exact) mass is 282 g/mol. The van der Waals surface area contributed by atoms with Crippen LogP contribution in [0.3, 0.4) is 0 Å². The van der Waals surface area contributed by atoms with Crippen LogP contribution in [0.15, 0.2) is 48.5 Å². The van der Waals surface area contributed by atoms with E-state index in [1.165, 1.54) is 12.1 Å². The third-order valence-corrected chi connectivity index (χ3v) is 3.30. The predicted molar refractivity (Wildman–Crippen MR) is 81.6 cm³/mol. The van der Waals surface area contributed by atoms with Crippen molar-refractivity contribution in [3.8, 4) is 5.75 Å². The minimum atomic E-state index is -0.469. The second-order valence-corrected chi connectivity index (χ2v) is 4.91. The molecule has 0 bridgehead atoms. The SMILES string of the molecule is Cc1cc(COc2ccc(N)c(F)c2)c2ccccc2n1. The van der Waals surface area contributed by atoms with Gasteiger partial charge < -0.3 is 10.5 Å². The van der Waals surface area contributed by atoms with Crippen molar-refractivity contribution in [1.82, 2.24) is 4.98 Å². The molecule has 2 aromatic carbocycles. The predicted octanol–water partition coefficient (Wildman–Crippen LogP) is 3.84. The van der Waals surface area contributed by atoms with Gasteiger partial charge in [-0.25, -0.2) is 4.39 Å². The fourth-order valence-corrected chi connectivity index (χ4v) is 2.27. The van der Waals surface area contributed by atoms with E-state index in [0.29, 0.717) is 12.4 Å². The molecule has 0 radical (unpaired) electrons. The maximum absolute atomic E-state index is 13.4. The summed E-state index contributed by atoms with van der Waals surface area (Å²) in [6, 6.07) is 14.3. The van der Waals surface area contributed by atoms with E-state index in [4.69, 9.17) is 10.5 Å². The Balaban J connectivity index is 1.89. The molecule has 0 aliphatic carbocycles. The Hall–Kier alpha value is -2.62. The lowest BCUT2D eigenvalue weighted by Crippen LogP contribution is -1.99. The molecule has 0 unspecified atom stereocenters. The van der Waals surface area contributed by atoms with Crippen LogP contribution in [-0.4, -0.2) is 4.98 Å². The van der Waals surface area contributed by atoms with Gasteiger partial charge in [-0.05, 0) is 31.2 Å². The van der Waals surface area contributed by atoms with Gasteiger partial charge in [0.2, 0.25) is 0 Å². The molecule has 0 spiro atoms. The lowest BCUT2D eigenvalue weighted by Gasteiger charge is -2.10. The number of para-hydroxylation sites is 1. The van der Waals surface area contributed by atoms with E-state index in [1.807, 2.05) is 37.3 Å². The Kier molecular flexibility index (Phi) is 3.44. The van der Waals surface area contributed by atoms with Crippen molar-refractivity contribution in [3.63, 3.8) is 0 Å². The first-order chi connectivity index (χ1) is 10.1. The number of anilines is 1. The summed E-state index contributed by atoms with van der Waals surface area (Å²) < 4.78 is 19.1. The van der Waals surface area contributed by atoms with E-state index in [2.05, 4.69) is 4.98 Å². The molecule has 3 rings (SSSR count). The van der Waals surface area contributed by atoms with Gasteiger partial charge in [-0.15, -0.1) is 0 Å². The summed E-state index contributed by atoms with van der Waals surface area (Å²) in [5, 5.41) is 1.04. The number of halogens is 1. The standard InChI is InChI=1S/C17H15FN2O/c1-11-8-12(14-4-2-3-5-17(14)20-11)10-21-13-6-7-16(19)15(18)9-13/h2-9H,10,19H2,1H3. The zero-order valence-corrected chi connectivity index (χ0v) is 11.6. The van der Waals surface area contributed by atoms with Crippen molar-refractivity contribution in [1.29, 1.82) is 0 Å². The highest BCUT2D eigenvalue weighted by Gasteiger charge is 2.06. The van der Waals surface area contributed by atoms with Crippen LogP contribution in [0.5, 0.6) is 5.75 Å². The average Bonchev–Trinajstić information content (AvgIpc) is 2.48. The number of benzene rings is 2. The van der Waals surface area contributed by atoms with Gasteiger partial charge in [-0.2, -0.15) is 0 Å². The van der Waals surface area contributed by atoms with Gasteiger partial charge in [0.05, 0.1) is 11.2 Å². The first-order valence-electron chi connectivity index (χ1n) is 6.66. The van der Waals surface area contributed by atoms with E-state index in [-0.39, 0.29) is 5.69 Å². The van der Waals surface area contributed by atoms with Crippen LogP contribution >= 0.6 is 0 Å². The molecule has 1 heterocycles. The Bertz CT molecular complexity index is 802. The number of nitrogens with two attached hydrogens (primary N) is 1. The van der Waals surface area contributed by atoms with Crippen LogP contribution in [0.2, 0.25) is 0 Å². The maximum Gasteiger partial charge on any atom is 0.149 e. The second-order valence-electron chi connectivity index (χ2n) is 4.91. The Labute approximate surface area is 122 Å². The maximum atomic E-state index is 13.4. The molecule has 3 nitrogen and oxygen atoms in total. The van der Waals surface area contributed by atoms with Crippen molar-refractivity contribution in [2.24, 2.45) is 0 Å². The highest BCUT2D eigenvalue weighted by atomic mass is 19.1. The number of rotatable bonds is 3. The van der Waals surface area contributed by atoms with E-state index in [1.54, 1.807) is 6.07 Å². The van der Waals surface area contributed by atoms with Crippen LogP contribution in [-0.2, 0) is 6.61 Å². The first-order valence-corrected chi connectivity index (χ1v) is 6.66. The molecular formula is C17H15FN2O. The molecule has 0 amide bonds. The summed E-state index contributed by atoms with van der Waals surface area (Å²) >= 11 is 0. The van der Waals surface area contributed by atoms with Crippen molar-refractivity contribution in [2.75, 3.05) is 5.73 Å². The summed E-state index contributed by atoms with van der Waals surface area (Å²) in [7, 11) is 0. The molecule has 1 aromatic heterocycles. The number of nitrogen functional groups attached to an aromatic ring is 1. The highest BCUT2D eigenvalue weighted by molar-refractivity contribution is 5.82. The van der Waals surface area contributed by atoms with Crippen LogP contribution in [0.4, 0.5) is 10.1 Å². The summed E-state index contributed by atoms with van der Waals surface area (Å²) in [5.74, 6) is -0.0106. The lowest BCUT2D eigenvalue weighted by molar-refractivity contribution is 0.306. The minimum Gasteiger partial charge on any atom is -0.489 e. The number of aryl methyl sites for hydroxylation is 1. The second kappa shape index (κ2) is 5.40. The molecule has 106 valence electrons. The molecule has 0 aliphatic heterocycles. The minimum absolute atomic E-state index is 0.118. The molecule has 3 aromatic rings. The zero-order valence-electron chi connectivity index (χ0n) is 11.6. The van der Waals surface area contributed by atoms with E-state index in [9.17, 15) is 4.39 Å². The van der Waals surface area contributed by atoms with Crippen molar-refractivity contribution < 1.29 is 9.13 Å². The van der Waals surface area contributed by atoms with Crippen molar-refractivity contribution >= 4 is 16.6 Å². The molecule has 0 aliphatic rings. The zero-order chi connectivity index (χ0) is 14.8. The molecule has 0 saturated carbocycles. The normalized spacial score (nSPS) is 10.8. The van der Waals surface area contributed by atoms with Crippen LogP contribution in [0, 0.1) is 12.7 Å². The summed E-state index contributed by atoms with van der Waals surface area (Å²) in [6.07, 6.45) is 0. The molecule has 2 N–H and O–H groups in total. The fraction of sp³-hybridized carbons (Fsp3) is 0.118. The molecular weight excluding hydrogens is 267 g/mol. The third kappa shape index (κ3) is 2.79. The lowest BCUT2D eigenvalue weighted by atomic mass is 10.1. The largest absolute Gasteiger partial charge is 0.489 e. The molecule has 21 heavy (non-hydrogen) atoms. The van der Waals surface area contributed by atoms with Crippen LogP contribution < -0.4 is 10.5 Å². The van der Waals surface area contributed by atoms with E-state index in [0.717, 1.165) is 22.2 Å². The molecule has 0 fully saturated rings. The Morgan fingerprint density at radius 3 is 2.76 bits per heavy atom. The number of hydrogen-bond donors (Lipinski definition) is 1. The number of ether oxygens (including phenoxy) is 1. The Morgan fingerprint density at radius 1 is 1.14 bits per heavy atom. The molecule has 4 heteroatoms. The fourth-order valence-electron chi connectivity index (χ4n) is 2.27. The topological polar surface area (TPSA) is 48.1 Å². The smallest absolute Gasteiger partial charge is 0.149 e. The van der Waals surface area contributed by atoms with Gasteiger partial charge in [0, 0.05) is 22.7 Å². The summed E-state index contributed by atoms with van der Waals surface area (Å²) in [6.45, 7) is 2.30. The van der Waals surface area contributed by atoms with Gasteiger partial charge in [-0.3, -0.25) is 4.98 Å². The highest BCUT2D eigenvalue weighted by Crippen LogP contribution is 2.22.